The Labute approximate surface area is 129 Å². The van der Waals surface area contributed by atoms with Crippen LogP contribution in [0, 0.1) is 0 Å². The maximum absolute atomic E-state index is 5.44. The molecule has 4 nitrogen and oxygen atoms in total. The molecule has 1 rings (SSSR count). The first-order chi connectivity index (χ1) is 9.99. The lowest BCUT2D eigenvalue weighted by atomic mass is 10.1. The zero-order valence-electron chi connectivity index (χ0n) is 14.3. The standard InChI is InChI=1S/C17H30N2O2/c1-13(2)19(4)11-7-10-18-14(3)16-12-15(20-5)8-9-17(16)21-6/h8-9,12-14,18H,7,10-11H2,1-6H3. The second-order valence-electron chi connectivity index (χ2n) is 5.71. The molecule has 0 spiro atoms. The van der Waals surface area contributed by atoms with E-state index >= 15 is 0 Å². The van der Waals surface area contributed by atoms with Gasteiger partial charge in [0.1, 0.15) is 11.5 Å². The number of benzene rings is 1. The normalized spacial score (nSPS) is 12.8. The summed E-state index contributed by atoms with van der Waals surface area (Å²) < 4.78 is 10.7. The fraction of sp³-hybridized carbons (Fsp3) is 0.647. The molecule has 1 unspecified atom stereocenters. The zero-order valence-corrected chi connectivity index (χ0v) is 14.3. The molecule has 0 amide bonds. The Hall–Kier alpha value is -1.26. The van der Waals surface area contributed by atoms with Crippen molar-refractivity contribution in [3.8, 4) is 11.5 Å². The number of hydrogen-bond donors (Lipinski definition) is 1. The SMILES string of the molecule is COc1ccc(OC)c(C(C)NCCCN(C)C(C)C)c1. The van der Waals surface area contributed by atoms with Crippen LogP contribution in [0.5, 0.6) is 11.5 Å². The van der Waals surface area contributed by atoms with E-state index in [9.17, 15) is 0 Å². The van der Waals surface area contributed by atoms with Crippen molar-refractivity contribution in [3.63, 3.8) is 0 Å². The molecule has 0 bridgehead atoms. The fourth-order valence-electron chi connectivity index (χ4n) is 2.19. The van der Waals surface area contributed by atoms with Crippen molar-refractivity contribution in [2.24, 2.45) is 0 Å². The molecule has 120 valence electrons. The minimum atomic E-state index is 0.236. The number of rotatable bonds is 9. The van der Waals surface area contributed by atoms with E-state index in [4.69, 9.17) is 9.47 Å². The predicted octanol–water partition coefficient (Wildman–Crippen LogP) is 3.08. The highest BCUT2D eigenvalue weighted by molar-refractivity contribution is 5.42. The average molecular weight is 294 g/mol. The Morgan fingerprint density at radius 1 is 1.14 bits per heavy atom. The van der Waals surface area contributed by atoms with Crippen molar-refractivity contribution in [1.29, 1.82) is 0 Å². The lowest BCUT2D eigenvalue weighted by Gasteiger charge is -2.22. The molecule has 1 aromatic carbocycles. The minimum Gasteiger partial charge on any atom is -0.497 e. The summed E-state index contributed by atoms with van der Waals surface area (Å²) >= 11 is 0. The first-order valence-electron chi connectivity index (χ1n) is 7.65. The van der Waals surface area contributed by atoms with Crippen molar-refractivity contribution in [2.75, 3.05) is 34.4 Å². The molecule has 0 heterocycles. The van der Waals surface area contributed by atoms with Crippen molar-refractivity contribution in [2.45, 2.75) is 39.3 Å². The van der Waals surface area contributed by atoms with Crippen molar-refractivity contribution in [1.82, 2.24) is 10.2 Å². The molecule has 0 radical (unpaired) electrons. The largest absolute Gasteiger partial charge is 0.497 e. The molecule has 0 aliphatic carbocycles. The topological polar surface area (TPSA) is 33.7 Å². The van der Waals surface area contributed by atoms with Gasteiger partial charge in [0, 0.05) is 17.6 Å². The Morgan fingerprint density at radius 2 is 1.86 bits per heavy atom. The van der Waals surface area contributed by atoms with Crippen LogP contribution in [0.1, 0.15) is 38.8 Å². The van der Waals surface area contributed by atoms with Gasteiger partial charge in [-0.1, -0.05) is 0 Å². The Bertz CT molecular complexity index is 421. The van der Waals surface area contributed by atoms with Gasteiger partial charge in [0.05, 0.1) is 14.2 Å². The second-order valence-corrected chi connectivity index (χ2v) is 5.71. The van der Waals surface area contributed by atoms with Gasteiger partial charge in [-0.3, -0.25) is 0 Å². The number of ether oxygens (including phenoxy) is 2. The van der Waals surface area contributed by atoms with Gasteiger partial charge in [0.15, 0.2) is 0 Å². The summed E-state index contributed by atoms with van der Waals surface area (Å²) in [5.41, 5.74) is 1.13. The van der Waals surface area contributed by atoms with Crippen LogP contribution in [0.25, 0.3) is 0 Å². The molecular formula is C17H30N2O2. The van der Waals surface area contributed by atoms with Crippen LogP contribution in [0.2, 0.25) is 0 Å². The van der Waals surface area contributed by atoms with Gasteiger partial charge in [-0.05, 0) is 65.5 Å². The molecule has 0 aliphatic heterocycles. The van der Waals surface area contributed by atoms with Crippen LogP contribution >= 0.6 is 0 Å². The summed E-state index contributed by atoms with van der Waals surface area (Å²) in [4.78, 5) is 2.36. The molecule has 0 saturated carbocycles. The van der Waals surface area contributed by atoms with Crippen LogP contribution < -0.4 is 14.8 Å². The maximum Gasteiger partial charge on any atom is 0.123 e. The maximum atomic E-state index is 5.44. The molecule has 21 heavy (non-hydrogen) atoms. The van der Waals surface area contributed by atoms with E-state index in [0.717, 1.165) is 36.6 Å². The third-order valence-electron chi connectivity index (χ3n) is 3.92. The van der Waals surface area contributed by atoms with Crippen LogP contribution in [0.4, 0.5) is 0 Å². The molecule has 1 atom stereocenters. The van der Waals surface area contributed by atoms with E-state index < -0.39 is 0 Å². The Morgan fingerprint density at radius 3 is 2.43 bits per heavy atom. The number of nitrogens with one attached hydrogen (secondary N) is 1. The van der Waals surface area contributed by atoms with E-state index in [1.165, 1.54) is 0 Å². The molecule has 0 saturated heterocycles. The van der Waals surface area contributed by atoms with Gasteiger partial charge in [-0.25, -0.2) is 0 Å². The molecule has 1 N–H and O–H groups in total. The van der Waals surface area contributed by atoms with Gasteiger partial charge in [-0.2, -0.15) is 0 Å². The van der Waals surface area contributed by atoms with Gasteiger partial charge >= 0.3 is 0 Å². The zero-order chi connectivity index (χ0) is 15.8. The third-order valence-corrected chi connectivity index (χ3v) is 3.92. The highest BCUT2D eigenvalue weighted by atomic mass is 16.5. The molecule has 0 aromatic heterocycles. The molecule has 1 aromatic rings. The summed E-state index contributed by atoms with van der Waals surface area (Å²) in [7, 11) is 5.56. The lowest BCUT2D eigenvalue weighted by molar-refractivity contribution is 0.268. The lowest BCUT2D eigenvalue weighted by Crippen LogP contribution is -2.30. The minimum absolute atomic E-state index is 0.236. The van der Waals surface area contributed by atoms with Gasteiger partial charge < -0.3 is 19.7 Å². The van der Waals surface area contributed by atoms with Gasteiger partial charge in [0.25, 0.3) is 0 Å². The van der Waals surface area contributed by atoms with Crippen molar-refractivity contribution in [3.05, 3.63) is 23.8 Å². The first kappa shape index (κ1) is 17.8. The summed E-state index contributed by atoms with van der Waals surface area (Å²) in [6.45, 7) is 8.68. The fourth-order valence-corrected chi connectivity index (χ4v) is 2.19. The molecule has 0 aliphatic rings. The van der Waals surface area contributed by atoms with Crippen LogP contribution in [0.15, 0.2) is 18.2 Å². The van der Waals surface area contributed by atoms with E-state index in [0.29, 0.717) is 6.04 Å². The van der Waals surface area contributed by atoms with Crippen molar-refractivity contribution < 1.29 is 9.47 Å². The molecule has 4 heteroatoms. The first-order valence-corrected chi connectivity index (χ1v) is 7.65. The monoisotopic (exact) mass is 294 g/mol. The van der Waals surface area contributed by atoms with E-state index in [1.54, 1.807) is 14.2 Å². The smallest absolute Gasteiger partial charge is 0.123 e. The predicted molar refractivity (Wildman–Crippen MR) is 88.3 cm³/mol. The summed E-state index contributed by atoms with van der Waals surface area (Å²) in [5.74, 6) is 1.76. The average Bonchev–Trinajstić information content (AvgIpc) is 2.50. The third kappa shape index (κ3) is 5.56. The second kappa shape index (κ2) is 8.90. The van der Waals surface area contributed by atoms with Gasteiger partial charge in [0.2, 0.25) is 0 Å². The quantitative estimate of drug-likeness (QED) is 0.710. The molecular weight excluding hydrogens is 264 g/mol. The summed E-state index contributed by atoms with van der Waals surface area (Å²) in [5, 5.41) is 3.56. The van der Waals surface area contributed by atoms with E-state index in [1.807, 2.05) is 18.2 Å². The number of nitrogens with zero attached hydrogens (tertiary/aromatic N) is 1. The summed E-state index contributed by atoms with van der Waals surface area (Å²) in [6, 6.07) is 6.75. The van der Waals surface area contributed by atoms with Crippen molar-refractivity contribution >= 4 is 0 Å². The summed E-state index contributed by atoms with van der Waals surface area (Å²) in [6.07, 6.45) is 1.13. The number of hydrogen-bond acceptors (Lipinski definition) is 4. The van der Waals surface area contributed by atoms with Crippen LogP contribution in [-0.4, -0.2) is 45.3 Å². The van der Waals surface area contributed by atoms with E-state index in [-0.39, 0.29) is 6.04 Å². The highest BCUT2D eigenvalue weighted by Crippen LogP contribution is 2.29. The Kier molecular flexibility index (Phi) is 7.54. The Balaban J connectivity index is 2.53. The number of methoxy groups -OCH3 is 2. The molecule has 0 fully saturated rings. The van der Waals surface area contributed by atoms with Crippen LogP contribution in [0.3, 0.4) is 0 Å². The van der Waals surface area contributed by atoms with E-state index in [2.05, 4.69) is 38.0 Å². The van der Waals surface area contributed by atoms with Crippen LogP contribution in [-0.2, 0) is 0 Å². The van der Waals surface area contributed by atoms with Gasteiger partial charge in [-0.15, -0.1) is 0 Å². The highest BCUT2D eigenvalue weighted by Gasteiger charge is 2.12.